The van der Waals surface area contributed by atoms with Gasteiger partial charge in [-0.3, -0.25) is 25.0 Å². The number of hydrogen-bond donors (Lipinski definition) is 1. The van der Waals surface area contributed by atoms with E-state index in [0.717, 1.165) is 6.07 Å². The summed E-state index contributed by atoms with van der Waals surface area (Å²) >= 11 is 3.32. The Morgan fingerprint density at radius 1 is 1.20 bits per heavy atom. The lowest BCUT2D eigenvalue weighted by Gasteiger charge is -2.26. The van der Waals surface area contributed by atoms with Crippen LogP contribution in [0.5, 0.6) is 5.75 Å². The van der Waals surface area contributed by atoms with Crippen LogP contribution in [0.2, 0.25) is 0 Å². The molecule has 1 heterocycles. The zero-order chi connectivity index (χ0) is 21.8. The molecule has 1 aliphatic heterocycles. The topological polar surface area (TPSA) is 119 Å². The van der Waals surface area contributed by atoms with Gasteiger partial charge in [-0.15, -0.1) is 0 Å². The van der Waals surface area contributed by atoms with E-state index >= 15 is 0 Å². The van der Waals surface area contributed by atoms with E-state index in [9.17, 15) is 24.5 Å². The molecule has 0 bridgehead atoms. The second-order valence-corrected chi connectivity index (χ2v) is 6.93. The smallest absolute Gasteiger partial charge is 0.335 e. The molecule has 10 heteroatoms. The molecule has 9 nitrogen and oxygen atoms in total. The van der Waals surface area contributed by atoms with Gasteiger partial charge < -0.3 is 4.74 Å². The van der Waals surface area contributed by atoms with E-state index in [-0.39, 0.29) is 23.6 Å². The largest absolute Gasteiger partial charge is 0.489 e. The van der Waals surface area contributed by atoms with Crippen LogP contribution in [0.4, 0.5) is 16.2 Å². The Labute approximate surface area is 178 Å². The summed E-state index contributed by atoms with van der Waals surface area (Å²) in [4.78, 5) is 48.7. The maximum atomic E-state index is 13.0. The number of amides is 4. The highest BCUT2D eigenvalue weighted by Gasteiger charge is 2.37. The molecule has 1 saturated heterocycles. The molecule has 1 aliphatic rings. The van der Waals surface area contributed by atoms with Gasteiger partial charge in [0.15, 0.2) is 0 Å². The second-order valence-electron chi connectivity index (χ2n) is 6.02. The average Bonchev–Trinajstić information content (AvgIpc) is 2.70. The van der Waals surface area contributed by atoms with E-state index in [1.54, 1.807) is 24.3 Å². The minimum Gasteiger partial charge on any atom is -0.489 e. The highest BCUT2D eigenvalue weighted by molar-refractivity contribution is 9.10. The molecule has 1 fully saturated rings. The number of ether oxygens (including phenoxy) is 1. The summed E-state index contributed by atoms with van der Waals surface area (Å²) in [7, 11) is 0. The second kappa shape index (κ2) is 8.70. The van der Waals surface area contributed by atoms with E-state index < -0.39 is 22.8 Å². The number of nitrogens with zero attached hydrogens (tertiary/aromatic N) is 2. The molecule has 2 aromatic carbocycles. The number of barbiturate groups is 1. The van der Waals surface area contributed by atoms with Crippen molar-refractivity contribution in [3.05, 3.63) is 80.8 Å². The number of anilines is 1. The van der Waals surface area contributed by atoms with Crippen LogP contribution in [0.3, 0.4) is 0 Å². The van der Waals surface area contributed by atoms with Crippen molar-refractivity contribution in [1.29, 1.82) is 0 Å². The Morgan fingerprint density at radius 3 is 2.67 bits per heavy atom. The summed E-state index contributed by atoms with van der Waals surface area (Å²) in [6, 6.07) is 9.00. The van der Waals surface area contributed by atoms with Crippen LogP contribution in [0.15, 0.2) is 65.2 Å². The fourth-order valence-corrected chi connectivity index (χ4v) is 3.08. The number of carbonyl (C=O) groups excluding carboxylic acids is 3. The molecule has 30 heavy (non-hydrogen) atoms. The minimum absolute atomic E-state index is 0.0394. The first-order valence-corrected chi connectivity index (χ1v) is 9.30. The molecule has 0 aromatic heterocycles. The Hall–Kier alpha value is -3.79. The van der Waals surface area contributed by atoms with Crippen molar-refractivity contribution in [1.82, 2.24) is 5.32 Å². The summed E-state index contributed by atoms with van der Waals surface area (Å²) in [6.45, 7) is 3.78. The quantitative estimate of drug-likeness (QED) is 0.226. The number of non-ortho nitro benzene ring substituents is 1. The highest BCUT2D eigenvalue weighted by Crippen LogP contribution is 2.29. The molecule has 0 spiro atoms. The Balaban J connectivity index is 2.05. The Kier molecular flexibility index (Phi) is 6.07. The van der Waals surface area contributed by atoms with E-state index in [1.807, 2.05) is 0 Å². The first-order chi connectivity index (χ1) is 14.3. The van der Waals surface area contributed by atoms with E-state index in [1.165, 1.54) is 24.3 Å². The molecular formula is C20H14BrN3O6. The summed E-state index contributed by atoms with van der Waals surface area (Å²) < 4.78 is 6.22. The number of imide groups is 2. The van der Waals surface area contributed by atoms with Gasteiger partial charge in [0.25, 0.3) is 17.5 Å². The molecule has 0 atom stereocenters. The lowest BCUT2D eigenvalue weighted by Crippen LogP contribution is -2.54. The number of carbonyl (C=O) groups is 3. The summed E-state index contributed by atoms with van der Waals surface area (Å²) in [5.41, 5.74) is -0.258. The molecule has 1 N–H and O–H groups in total. The van der Waals surface area contributed by atoms with Crippen molar-refractivity contribution in [2.75, 3.05) is 11.5 Å². The average molecular weight is 472 g/mol. The number of nitro groups is 1. The maximum Gasteiger partial charge on any atom is 0.335 e. The van der Waals surface area contributed by atoms with Crippen LogP contribution in [0, 0.1) is 10.1 Å². The fourth-order valence-electron chi connectivity index (χ4n) is 2.71. The molecule has 2 aromatic rings. The van der Waals surface area contributed by atoms with Gasteiger partial charge >= 0.3 is 6.03 Å². The fraction of sp³-hybridized carbons (Fsp3) is 0.0500. The van der Waals surface area contributed by atoms with Crippen LogP contribution in [0.25, 0.3) is 6.08 Å². The number of nitro benzene ring substituents is 1. The van der Waals surface area contributed by atoms with E-state index in [0.29, 0.717) is 20.7 Å². The molecular weight excluding hydrogens is 458 g/mol. The van der Waals surface area contributed by atoms with Crippen LogP contribution in [-0.2, 0) is 9.59 Å². The zero-order valence-corrected chi connectivity index (χ0v) is 16.9. The summed E-state index contributed by atoms with van der Waals surface area (Å²) in [6.07, 6.45) is 2.83. The third kappa shape index (κ3) is 4.28. The van der Waals surface area contributed by atoms with E-state index in [4.69, 9.17) is 4.74 Å². The van der Waals surface area contributed by atoms with Crippen LogP contribution >= 0.6 is 15.9 Å². The van der Waals surface area contributed by atoms with Gasteiger partial charge in [0.2, 0.25) is 0 Å². The van der Waals surface area contributed by atoms with Gasteiger partial charge in [-0.25, -0.2) is 9.69 Å². The summed E-state index contributed by atoms with van der Waals surface area (Å²) in [5.74, 6) is -1.41. The minimum atomic E-state index is -1.000. The zero-order valence-electron chi connectivity index (χ0n) is 15.3. The van der Waals surface area contributed by atoms with Crippen molar-refractivity contribution >= 4 is 51.2 Å². The first-order valence-electron chi connectivity index (χ1n) is 8.51. The monoisotopic (exact) mass is 471 g/mol. The molecule has 0 saturated carbocycles. The van der Waals surface area contributed by atoms with Crippen molar-refractivity contribution in [2.45, 2.75) is 0 Å². The first kappa shape index (κ1) is 20.9. The number of urea groups is 1. The summed E-state index contributed by atoms with van der Waals surface area (Å²) in [5, 5.41) is 13.1. The number of rotatable bonds is 6. The third-order valence-electron chi connectivity index (χ3n) is 4.03. The Morgan fingerprint density at radius 2 is 1.97 bits per heavy atom. The number of halogens is 1. The molecule has 4 amide bonds. The van der Waals surface area contributed by atoms with Crippen molar-refractivity contribution in [3.8, 4) is 5.75 Å². The van der Waals surface area contributed by atoms with Crippen LogP contribution in [0.1, 0.15) is 5.56 Å². The maximum absolute atomic E-state index is 13.0. The number of benzene rings is 2. The van der Waals surface area contributed by atoms with Crippen molar-refractivity contribution < 1.29 is 24.0 Å². The van der Waals surface area contributed by atoms with Gasteiger partial charge in [0, 0.05) is 22.2 Å². The van der Waals surface area contributed by atoms with Gasteiger partial charge in [-0.2, -0.15) is 0 Å². The van der Waals surface area contributed by atoms with Gasteiger partial charge in [-0.1, -0.05) is 34.7 Å². The van der Waals surface area contributed by atoms with Crippen LogP contribution in [-0.4, -0.2) is 29.4 Å². The normalized spacial score (nSPS) is 15.2. The SMILES string of the molecule is C=CCOc1ccc(Br)cc1/C=C1\C(=O)NC(=O)N(c2cccc([N+](=O)[O-])c2)C1=O. The molecule has 152 valence electrons. The standard InChI is InChI=1S/C20H14BrN3O6/c1-2-8-30-17-7-6-13(21)9-12(17)10-16-18(25)22-20(27)23(19(16)26)14-4-3-5-15(11-14)24(28)29/h2-7,9-11H,1,8H2,(H,22,25,27)/b16-10+. The predicted octanol–water partition coefficient (Wildman–Crippen LogP) is 3.59. The highest BCUT2D eigenvalue weighted by atomic mass is 79.9. The van der Waals surface area contributed by atoms with E-state index in [2.05, 4.69) is 27.8 Å². The molecule has 0 radical (unpaired) electrons. The van der Waals surface area contributed by atoms with Crippen LogP contribution < -0.4 is 15.0 Å². The lowest BCUT2D eigenvalue weighted by atomic mass is 10.1. The number of nitrogens with one attached hydrogen (secondary N) is 1. The molecule has 3 rings (SSSR count). The van der Waals surface area contributed by atoms with Gasteiger partial charge in [0.1, 0.15) is 17.9 Å². The number of hydrogen-bond acceptors (Lipinski definition) is 6. The predicted molar refractivity (Wildman–Crippen MR) is 112 cm³/mol. The van der Waals surface area contributed by atoms with Gasteiger partial charge in [0.05, 0.1) is 10.6 Å². The van der Waals surface area contributed by atoms with Crippen molar-refractivity contribution in [2.24, 2.45) is 0 Å². The van der Waals surface area contributed by atoms with Gasteiger partial charge in [-0.05, 0) is 30.3 Å². The Bertz CT molecular complexity index is 1110. The molecule has 0 aliphatic carbocycles. The third-order valence-corrected chi connectivity index (χ3v) is 4.52. The molecule has 0 unspecified atom stereocenters. The van der Waals surface area contributed by atoms with Crippen molar-refractivity contribution in [3.63, 3.8) is 0 Å². The lowest BCUT2D eigenvalue weighted by molar-refractivity contribution is -0.384.